The number of hydrogen-bond acceptors (Lipinski definition) is 2. The van der Waals surface area contributed by atoms with Gasteiger partial charge in [-0.3, -0.25) is 5.32 Å². The minimum atomic E-state index is -0.449. The van der Waals surface area contributed by atoms with Crippen molar-refractivity contribution < 1.29 is 9.53 Å². The van der Waals surface area contributed by atoms with E-state index in [4.69, 9.17) is 27.9 Å². The van der Waals surface area contributed by atoms with Crippen molar-refractivity contribution in [3.05, 3.63) is 40.4 Å². The Hall–Kier alpha value is -1.19. The molecule has 1 amide bonds. The second kappa shape index (κ2) is 5.66. The van der Waals surface area contributed by atoms with Crippen LogP contribution in [0.15, 0.2) is 30.4 Å². The molecule has 0 unspecified atom stereocenters. The molecular weight excluding hydrogens is 297 g/mol. The molecule has 2 bridgehead atoms. The van der Waals surface area contributed by atoms with Gasteiger partial charge in [-0.2, -0.15) is 0 Å². The van der Waals surface area contributed by atoms with Gasteiger partial charge in [0.05, 0.1) is 16.7 Å². The van der Waals surface area contributed by atoms with Crippen molar-refractivity contribution in [1.29, 1.82) is 0 Å². The Morgan fingerprint density at radius 3 is 2.75 bits per heavy atom. The molecule has 0 saturated heterocycles. The maximum absolute atomic E-state index is 11.7. The summed E-state index contributed by atoms with van der Waals surface area (Å²) in [7, 11) is 0. The summed E-state index contributed by atoms with van der Waals surface area (Å²) in [5.74, 6) is 1.73. The van der Waals surface area contributed by atoms with E-state index in [1.165, 1.54) is 6.42 Å². The van der Waals surface area contributed by atoms with E-state index >= 15 is 0 Å². The van der Waals surface area contributed by atoms with Crippen molar-refractivity contribution in [2.24, 2.45) is 17.8 Å². The van der Waals surface area contributed by atoms with Crippen LogP contribution in [0.3, 0.4) is 0 Å². The molecule has 1 aromatic carbocycles. The summed E-state index contributed by atoms with van der Waals surface area (Å²) in [4.78, 5) is 11.7. The zero-order valence-electron chi connectivity index (χ0n) is 10.8. The van der Waals surface area contributed by atoms with Crippen LogP contribution in [0.5, 0.6) is 0 Å². The van der Waals surface area contributed by atoms with Crippen LogP contribution in [-0.4, -0.2) is 12.7 Å². The van der Waals surface area contributed by atoms with E-state index in [9.17, 15) is 4.79 Å². The number of nitrogens with one attached hydrogen (secondary N) is 1. The fourth-order valence-electron chi connectivity index (χ4n) is 3.00. The van der Waals surface area contributed by atoms with Gasteiger partial charge in [0, 0.05) is 11.6 Å². The summed E-state index contributed by atoms with van der Waals surface area (Å²) >= 11 is 11.7. The summed E-state index contributed by atoms with van der Waals surface area (Å²) in [6, 6.07) is 4.93. The molecule has 2 aliphatic carbocycles. The van der Waals surface area contributed by atoms with E-state index in [0.717, 1.165) is 6.42 Å². The van der Waals surface area contributed by atoms with Crippen molar-refractivity contribution in [3.8, 4) is 0 Å². The summed E-state index contributed by atoms with van der Waals surface area (Å²) in [5.41, 5.74) is 0.581. The highest BCUT2D eigenvalue weighted by Gasteiger charge is 2.36. The second-order valence-corrected chi connectivity index (χ2v) is 6.21. The van der Waals surface area contributed by atoms with Crippen molar-refractivity contribution in [3.63, 3.8) is 0 Å². The SMILES string of the molecule is O=C(Nc1ccc(Cl)c(Cl)c1)OC[C@@H]1C[C@H]2C=C[C@H]1C2. The van der Waals surface area contributed by atoms with Crippen LogP contribution < -0.4 is 5.32 Å². The summed E-state index contributed by atoms with van der Waals surface area (Å²) in [5, 5.41) is 3.52. The third-order valence-electron chi connectivity index (χ3n) is 4.01. The van der Waals surface area contributed by atoms with Gasteiger partial charge in [0.25, 0.3) is 0 Å². The van der Waals surface area contributed by atoms with E-state index in [2.05, 4.69) is 17.5 Å². The highest BCUT2D eigenvalue weighted by atomic mass is 35.5. The largest absolute Gasteiger partial charge is 0.449 e. The first-order chi connectivity index (χ1) is 9.61. The van der Waals surface area contributed by atoms with Gasteiger partial charge < -0.3 is 4.74 Å². The molecule has 1 N–H and O–H groups in total. The van der Waals surface area contributed by atoms with E-state index in [1.54, 1.807) is 18.2 Å². The Labute approximate surface area is 127 Å². The standard InChI is InChI=1S/C15H15Cl2NO2/c16-13-4-3-12(7-14(13)17)18-15(19)20-8-11-6-9-1-2-10(11)5-9/h1-4,7,9-11H,5-6,8H2,(H,18,19)/t9-,10-,11-/m0/s1. The van der Waals surface area contributed by atoms with Crippen LogP contribution in [-0.2, 0) is 4.74 Å². The normalized spacial score (nSPS) is 26.8. The predicted octanol–water partition coefficient (Wildman–Crippen LogP) is 4.75. The molecule has 106 valence electrons. The van der Waals surface area contributed by atoms with E-state index in [-0.39, 0.29) is 0 Å². The number of fused-ring (bicyclic) bond motifs is 2. The first-order valence-electron chi connectivity index (χ1n) is 6.69. The lowest BCUT2D eigenvalue weighted by atomic mass is 9.95. The zero-order chi connectivity index (χ0) is 14.1. The quantitative estimate of drug-likeness (QED) is 0.818. The molecule has 0 heterocycles. The Morgan fingerprint density at radius 2 is 2.10 bits per heavy atom. The van der Waals surface area contributed by atoms with Crippen LogP contribution in [0, 0.1) is 17.8 Å². The second-order valence-electron chi connectivity index (χ2n) is 5.39. The van der Waals surface area contributed by atoms with Gasteiger partial charge in [0.1, 0.15) is 0 Å². The van der Waals surface area contributed by atoms with Crippen LogP contribution in [0.4, 0.5) is 10.5 Å². The average molecular weight is 312 g/mol. The van der Waals surface area contributed by atoms with Crippen molar-refractivity contribution >= 4 is 35.0 Å². The number of carbonyl (C=O) groups is 1. The molecule has 1 saturated carbocycles. The summed E-state index contributed by atoms with van der Waals surface area (Å²) < 4.78 is 5.29. The molecule has 0 aliphatic heterocycles. The number of ether oxygens (including phenoxy) is 1. The molecule has 20 heavy (non-hydrogen) atoms. The molecule has 3 nitrogen and oxygen atoms in total. The lowest BCUT2D eigenvalue weighted by Gasteiger charge is -2.17. The van der Waals surface area contributed by atoms with Gasteiger partial charge in [-0.15, -0.1) is 0 Å². The lowest BCUT2D eigenvalue weighted by molar-refractivity contribution is 0.134. The maximum Gasteiger partial charge on any atom is 0.411 e. The van der Waals surface area contributed by atoms with Gasteiger partial charge in [-0.1, -0.05) is 35.4 Å². The van der Waals surface area contributed by atoms with Gasteiger partial charge in [0.2, 0.25) is 0 Å². The fraction of sp³-hybridized carbons (Fsp3) is 0.400. The first kappa shape index (κ1) is 13.8. The maximum atomic E-state index is 11.7. The third kappa shape index (κ3) is 2.94. The minimum Gasteiger partial charge on any atom is -0.449 e. The van der Waals surface area contributed by atoms with E-state index in [1.807, 2.05) is 0 Å². The van der Waals surface area contributed by atoms with Crippen LogP contribution in [0.2, 0.25) is 10.0 Å². The Kier molecular flexibility index (Phi) is 3.90. The molecule has 0 radical (unpaired) electrons. The number of amides is 1. The van der Waals surface area contributed by atoms with Crippen molar-refractivity contribution in [2.75, 3.05) is 11.9 Å². The van der Waals surface area contributed by atoms with Gasteiger partial charge in [0.15, 0.2) is 0 Å². The zero-order valence-corrected chi connectivity index (χ0v) is 12.3. The molecule has 1 aromatic rings. The molecule has 3 rings (SSSR count). The predicted molar refractivity (Wildman–Crippen MR) is 80.3 cm³/mol. The molecule has 0 spiro atoms. The van der Waals surface area contributed by atoms with Gasteiger partial charge >= 0.3 is 6.09 Å². The molecule has 3 atom stereocenters. The smallest absolute Gasteiger partial charge is 0.411 e. The van der Waals surface area contributed by atoms with Gasteiger partial charge in [-0.25, -0.2) is 4.79 Å². The van der Waals surface area contributed by atoms with Crippen molar-refractivity contribution in [2.45, 2.75) is 12.8 Å². The molecule has 1 fully saturated rings. The average Bonchev–Trinajstić information content (AvgIpc) is 3.03. The van der Waals surface area contributed by atoms with Crippen molar-refractivity contribution in [1.82, 2.24) is 0 Å². The van der Waals surface area contributed by atoms with E-state index < -0.39 is 6.09 Å². The number of benzene rings is 1. The Morgan fingerprint density at radius 1 is 1.25 bits per heavy atom. The topological polar surface area (TPSA) is 38.3 Å². The molecule has 5 heteroatoms. The van der Waals surface area contributed by atoms with Crippen LogP contribution in [0.25, 0.3) is 0 Å². The van der Waals surface area contributed by atoms with Gasteiger partial charge in [-0.05, 0) is 42.9 Å². The summed E-state index contributed by atoms with van der Waals surface area (Å²) in [6.45, 7) is 0.471. The lowest BCUT2D eigenvalue weighted by Crippen LogP contribution is -2.21. The first-order valence-corrected chi connectivity index (χ1v) is 7.44. The number of anilines is 1. The van der Waals surface area contributed by atoms with Crippen LogP contribution >= 0.6 is 23.2 Å². The molecular formula is C15H15Cl2NO2. The Balaban J connectivity index is 1.50. The fourth-order valence-corrected chi connectivity index (χ4v) is 3.29. The summed E-state index contributed by atoms with van der Waals surface area (Å²) in [6.07, 6.45) is 6.41. The monoisotopic (exact) mass is 311 g/mol. The number of allylic oxidation sites excluding steroid dienone is 2. The highest BCUT2D eigenvalue weighted by Crippen LogP contribution is 2.43. The Bertz CT molecular complexity index is 559. The van der Waals surface area contributed by atoms with E-state index in [0.29, 0.717) is 40.1 Å². The number of halogens is 2. The number of carbonyl (C=O) groups excluding carboxylic acids is 1. The van der Waals surface area contributed by atoms with Crippen LogP contribution in [0.1, 0.15) is 12.8 Å². The number of hydrogen-bond donors (Lipinski definition) is 1. The highest BCUT2D eigenvalue weighted by molar-refractivity contribution is 6.42. The third-order valence-corrected chi connectivity index (χ3v) is 4.75. The molecule has 0 aromatic heterocycles. The molecule has 2 aliphatic rings. The number of rotatable bonds is 3. The minimum absolute atomic E-state index is 0.405.